The Morgan fingerprint density at radius 3 is 2.67 bits per heavy atom. The number of hydrogen-bond donors (Lipinski definition) is 1. The number of nitrogens with one attached hydrogen (secondary N) is 1. The first-order valence-electron chi connectivity index (χ1n) is 7.58. The largest absolute Gasteiger partial charge is 0.302 e. The highest BCUT2D eigenvalue weighted by Gasteiger charge is 2.33. The van der Waals surface area contributed by atoms with E-state index in [9.17, 15) is 4.39 Å². The van der Waals surface area contributed by atoms with Crippen LogP contribution in [0.3, 0.4) is 0 Å². The highest BCUT2D eigenvalue weighted by Crippen LogP contribution is 2.42. The number of nitrogens with zero attached hydrogens (tertiary/aromatic N) is 1. The van der Waals surface area contributed by atoms with Crippen molar-refractivity contribution >= 4 is 0 Å². The normalized spacial score (nSPS) is 17.5. The molecule has 3 rings (SSSR count). The van der Waals surface area contributed by atoms with E-state index < -0.39 is 0 Å². The molecule has 1 N–H and O–H groups in total. The number of pyridine rings is 1. The van der Waals surface area contributed by atoms with Gasteiger partial charge in [0.2, 0.25) is 0 Å². The van der Waals surface area contributed by atoms with E-state index in [2.05, 4.69) is 17.2 Å². The van der Waals surface area contributed by atoms with Gasteiger partial charge in [-0.25, -0.2) is 4.39 Å². The second-order valence-electron chi connectivity index (χ2n) is 5.97. The van der Waals surface area contributed by atoms with E-state index in [0.29, 0.717) is 11.5 Å². The van der Waals surface area contributed by atoms with E-state index in [4.69, 9.17) is 0 Å². The van der Waals surface area contributed by atoms with Crippen LogP contribution in [0.25, 0.3) is 0 Å². The lowest BCUT2D eigenvalue weighted by atomic mass is 9.99. The van der Waals surface area contributed by atoms with Gasteiger partial charge in [-0.05, 0) is 61.9 Å². The third-order valence-corrected chi connectivity index (χ3v) is 4.20. The first-order valence-corrected chi connectivity index (χ1v) is 7.58. The van der Waals surface area contributed by atoms with Gasteiger partial charge in [-0.2, -0.15) is 0 Å². The number of benzene rings is 1. The predicted molar refractivity (Wildman–Crippen MR) is 82.4 cm³/mol. The van der Waals surface area contributed by atoms with Crippen LogP contribution < -0.4 is 5.32 Å². The maximum atomic E-state index is 13.5. The maximum Gasteiger partial charge on any atom is 0.126 e. The van der Waals surface area contributed by atoms with Gasteiger partial charge in [0.25, 0.3) is 0 Å². The van der Waals surface area contributed by atoms with E-state index in [1.54, 1.807) is 6.07 Å². The number of hydrogen-bond acceptors (Lipinski definition) is 2. The fraction of sp³-hybridized carbons (Fsp3) is 0.389. The molecule has 21 heavy (non-hydrogen) atoms. The summed E-state index contributed by atoms with van der Waals surface area (Å²) in [7, 11) is 0. The molecule has 1 aromatic carbocycles. The lowest BCUT2D eigenvalue weighted by Gasteiger charge is -2.24. The van der Waals surface area contributed by atoms with Crippen molar-refractivity contribution in [3.63, 3.8) is 0 Å². The summed E-state index contributed by atoms with van der Waals surface area (Å²) in [5.74, 6) is 0.520. The van der Waals surface area contributed by atoms with Crippen LogP contribution in [0.4, 0.5) is 4.39 Å². The molecule has 1 aliphatic carbocycles. The molecule has 1 saturated carbocycles. The molecule has 1 heterocycles. The number of aryl methyl sites for hydroxylation is 1. The number of aromatic nitrogens is 1. The molecule has 110 valence electrons. The molecule has 2 nitrogen and oxygen atoms in total. The monoisotopic (exact) mass is 284 g/mol. The molecule has 0 spiro atoms. The molecular formula is C18H21FN2. The van der Waals surface area contributed by atoms with E-state index in [0.717, 1.165) is 5.69 Å². The molecule has 1 aromatic heterocycles. The quantitative estimate of drug-likeness (QED) is 0.884. The Morgan fingerprint density at radius 2 is 2.05 bits per heavy atom. The summed E-state index contributed by atoms with van der Waals surface area (Å²) in [5.41, 5.74) is 2.94. The second kappa shape index (κ2) is 5.94. The Bertz CT molecular complexity index is 608. The van der Waals surface area contributed by atoms with Crippen LogP contribution in [0.2, 0.25) is 0 Å². The van der Waals surface area contributed by atoms with Crippen molar-refractivity contribution in [1.29, 1.82) is 0 Å². The number of rotatable bonds is 5. The van der Waals surface area contributed by atoms with Gasteiger partial charge >= 0.3 is 0 Å². The zero-order chi connectivity index (χ0) is 14.8. The Balaban J connectivity index is 1.80. The molecule has 3 heteroatoms. The average Bonchev–Trinajstić information content (AvgIpc) is 3.33. The van der Waals surface area contributed by atoms with Crippen molar-refractivity contribution in [2.24, 2.45) is 5.92 Å². The van der Waals surface area contributed by atoms with Gasteiger partial charge in [0.1, 0.15) is 5.82 Å². The minimum absolute atomic E-state index is 0.133. The summed E-state index contributed by atoms with van der Waals surface area (Å²) in [4.78, 5) is 4.41. The van der Waals surface area contributed by atoms with E-state index in [-0.39, 0.29) is 17.9 Å². The van der Waals surface area contributed by atoms with Crippen LogP contribution in [-0.2, 0) is 0 Å². The zero-order valence-corrected chi connectivity index (χ0v) is 12.5. The molecule has 0 amide bonds. The van der Waals surface area contributed by atoms with Crippen LogP contribution >= 0.6 is 0 Å². The van der Waals surface area contributed by atoms with Gasteiger partial charge in [-0.1, -0.05) is 18.2 Å². The third-order valence-electron chi connectivity index (χ3n) is 4.20. The summed E-state index contributed by atoms with van der Waals surface area (Å²) in [6, 6.07) is 11.9. The second-order valence-corrected chi connectivity index (χ2v) is 5.97. The lowest BCUT2D eigenvalue weighted by molar-refractivity contribution is 0.421. The third kappa shape index (κ3) is 3.30. The summed E-state index contributed by atoms with van der Waals surface area (Å²) in [5, 5.41) is 3.67. The van der Waals surface area contributed by atoms with E-state index in [1.807, 2.05) is 43.5 Å². The summed E-state index contributed by atoms with van der Waals surface area (Å²) in [6.07, 6.45) is 4.30. The zero-order valence-electron chi connectivity index (χ0n) is 12.5. The molecule has 0 aliphatic heterocycles. The van der Waals surface area contributed by atoms with Crippen molar-refractivity contribution in [2.75, 3.05) is 0 Å². The van der Waals surface area contributed by atoms with Crippen molar-refractivity contribution in [3.05, 3.63) is 65.2 Å². The van der Waals surface area contributed by atoms with Crippen molar-refractivity contribution in [1.82, 2.24) is 10.3 Å². The van der Waals surface area contributed by atoms with Gasteiger partial charge in [0.05, 0.1) is 5.69 Å². The molecule has 0 bridgehead atoms. The standard InChI is InChI=1S/C18H21FN2/c1-12-11-15(8-9-16(12)19)18(14-6-7-14)21-13(2)17-5-3-4-10-20-17/h3-5,8-11,13-14,18,21H,6-7H2,1-2H3. The van der Waals surface area contributed by atoms with Crippen LogP contribution in [-0.4, -0.2) is 4.98 Å². The average molecular weight is 284 g/mol. The molecule has 2 aromatic rings. The molecule has 0 radical (unpaired) electrons. The van der Waals surface area contributed by atoms with Gasteiger partial charge in [-0.3, -0.25) is 4.98 Å². The fourth-order valence-corrected chi connectivity index (χ4v) is 2.78. The summed E-state index contributed by atoms with van der Waals surface area (Å²) >= 11 is 0. The van der Waals surface area contributed by atoms with E-state index in [1.165, 1.54) is 18.4 Å². The fourth-order valence-electron chi connectivity index (χ4n) is 2.78. The van der Waals surface area contributed by atoms with Crippen molar-refractivity contribution in [2.45, 2.75) is 38.8 Å². The number of halogens is 1. The highest BCUT2D eigenvalue weighted by atomic mass is 19.1. The molecule has 2 atom stereocenters. The van der Waals surface area contributed by atoms with Crippen LogP contribution in [0.15, 0.2) is 42.6 Å². The first-order chi connectivity index (χ1) is 10.1. The molecule has 0 saturated heterocycles. The van der Waals surface area contributed by atoms with Gasteiger partial charge in [-0.15, -0.1) is 0 Å². The van der Waals surface area contributed by atoms with Crippen molar-refractivity contribution < 1.29 is 4.39 Å². The summed E-state index contributed by atoms with van der Waals surface area (Å²) < 4.78 is 13.5. The lowest BCUT2D eigenvalue weighted by Crippen LogP contribution is -2.27. The van der Waals surface area contributed by atoms with Crippen LogP contribution in [0, 0.1) is 18.7 Å². The molecular weight excluding hydrogens is 263 g/mol. The minimum atomic E-state index is -0.133. The van der Waals surface area contributed by atoms with Gasteiger partial charge < -0.3 is 5.32 Å². The van der Waals surface area contributed by atoms with Crippen molar-refractivity contribution in [3.8, 4) is 0 Å². The highest BCUT2D eigenvalue weighted by molar-refractivity contribution is 5.28. The molecule has 1 fully saturated rings. The predicted octanol–water partition coefficient (Wildman–Crippen LogP) is 4.33. The van der Waals surface area contributed by atoms with Crippen LogP contribution in [0.5, 0.6) is 0 Å². The topological polar surface area (TPSA) is 24.9 Å². The minimum Gasteiger partial charge on any atom is -0.302 e. The Kier molecular flexibility index (Phi) is 4.02. The Morgan fingerprint density at radius 1 is 1.24 bits per heavy atom. The van der Waals surface area contributed by atoms with Gasteiger partial charge in [0, 0.05) is 18.3 Å². The molecule has 2 unspecified atom stereocenters. The van der Waals surface area contributed by atoms with E-state index >= 15 is 0 Å². The SMILES string of the molecule is Cc1cc(C(NC(C)c2ccccn2)C2CC2)ccc1F. The Labute approximate surface area is 125 Å². The smallest absolute Gasteiger partial charge is 0.126 e. The van der Waals surface area contributed by atoms with Crippen LogP contribution in [0.1, 0.15) is 48.7 Å². The molecule has 1 aliphatic rings. The first kappa shape index (κ1) is 14.2. The Hall–Kier alpha value is -1.74. The maximum absolute atomic E-state index is 13.5. The van der Waals surface area contributed by atoms with Gasteiger partial charge in [0.15, 0.2) is 0 Å². The summed E-state index contributed by atoms with van der Waals surface area (Å²) in [6.45, 7) is 3.96.